The minimum Gasteiger partial charge on any atom is -0.462 e. The molecule has 0 unspecified atom stereocenters. The molecule has 63 valence electrons. The summed E-state index contributed by atoms with van der Waals surface area (Å²) in [4.78, 5) is 19.6. The summed E-state index contributed by atoms with van der Waals surface area (Å²) in [5.41, 5.74) is -0.0785. The molecule has 0 aliphatic rings. The molecular weight excluding hydrogens is 162 g/mol. The summed E-state index contributed by atoms with van der Waals surface area (Å²) in [5, 5.41) is 10.3. The van der Waals surface area contributed by atoms with Gasteiger partial charge in [-0.15, -0.1) is 0 Å². The summed E-state index contributed by atoms with van der Waals surface area (Å²) in [5.74, 6) is 0.225. The zero-order chi connectivity index (χ0) is 8.97. The zero-order valence-electron chi connectivity index (χ0n) is 6.15. The maximum atomic E-state index is 10.3. The Morgan fingerprint density at radius 1 is 1.67 bits per heavy atom. The molecule has 1 aromatic heterocycles. The molecule has 1 aromatic rings. The highest BCUT2D eigenvalue weighted by Crippen LogP contribution is 2.20. The fourth-order valence-corrected chi connectivity index (χ4v) is 0.848. The molecule has 5 nitrogen and oxygen atoms in total. The Bertz CT molecular complexity index is 291. The van der Waals surface area contributed by atoms with E-state index in [2.05, 4.69) is 0 Å². The highest BCUT2D eigenvalue weighted by Gasteiger charge is 2.15. The van der Waals surface area contributed by atoms with Gasteiger partial charge in [0.2, 0.25) is 0 Å². The van der Waals surface area contributed by atoms with Crippen LogP contribution in [0.5, 0.6) is 0 Å². The van der Waals surface area contributed by atoms with Gasteiger partial charge in [-0.3, -0.25) is 14.9 Å². The van der Waals surface area contributed by atoms with Crippen molar-refractivity contribution >= 4 is 12.0 Å². The first-order valence-electron chi connectivity index (χ1n) is 3.31. The Morgan fingerprint density at radius 3 is 3.00 bits per heavy atom. The van der Waals surface area contributed by atoms with Crippen molar-refractivity contribution < 1.29 is 14.1 Å². The van der Waals surface area contributed by atoms with Gasteiger partial charge in [-0.05, 0) is 0 Å². The average Bonchev–Trinajstić information content (AvgIpc) is 2.48. The van der Waals surface area contributed by atoms with Crippen LogP contribution in [0.15, 0.2) is 16.7 Å². The molecule has 0 aliphatic heterocycles. The van der Waals surface area contributed by atoms with Crippen molar-refractivity contribution in [2.45, 2.75) is 12.8 Å². The Hall–Kier alpha value is -1.65. The van der Waals surface area contributed by atoms with Crippen molar-refractivity contribution in [3.05, 3.63) is 28.2 Å². The lowest BCUT2D eigenvalue weighted by atomic mass is 10.2. The molecule has 0 aromatic carbocycles. The number of aryl methyl sites for hydroxylation is 1. The number of nitro groups is 1. The van der Waals surface area contributed by atoms with Crippen LogP contribution in [0.25, 0.3) is 0 Å². The summed E-state index contributed by atoms with van der Waals surface area (Å²) in [7, 11) is 0. The number of hydrogen-bond donors (Lipinski definition) is 0. The Labute approximate surface area is 68.1 Å². The van der Waals surface area contributed by atoms with Crippen molar-refractivity contribution in [1.29, 1.82) is 0 Å². The molecule has 0 N–H and O–H groups in total. The van der Waals surface area contributed by atoms with Gasteiger partial charge in [0.25, 0.3) is 0 Å². The zero-order valence-corrected chi connectivity index (χ0v) is 6.15. The first-order chi connectivity index (χ1) is 5.75. The maximum Gasteiger partial charge on any atom is 0.310 e. The lowest BCUT2D eigenvalue weighted by Crippen LogP contribution is -1.91. The van der Waals surface area contributed by atoms with Crippen LogP contribution in [0, 0.1) is 10.1 Å². The number of nitrogens with zero attached hydrogens (tertiary/aromatic N) is 1. The van der Waals surface area contributed by atoms with Crippen molar-refractivity contribution in [3.8, 4) is 0 Å². The minimum absolute atomic E-state index is 0.0785. The van der Waals surface area contributed by atoms with Crippen LogP contribution in [0.2, 0.25) is 0 Å². The molecule has 0 bridgehead atoms. The van der Waals surface area contributed by atoms with Crippen LogP contribution < -0.4 is 0 Å². The van der Waals surface area contributed by atoms with Crippen LogP contribution in [0.3, 0.4) is 0 Å². The number of rotatable bonds is 4. The van der Waals surface area contributed by atoms with Crippen molar-refractivity contribution in [2.75, 3.05) is 0 Å². The summed E-state index contributed by atoms with van der Waals surface area (Å²) in [6.07, 6.45) is 3.22. The number of carbonyl (C=O) groups excluding carboxylic acids is 1. The molecule has 0 spiro atoms. The largest absolute Gasteiger partial charge is 0.462 e. The molecule has 0 fully saturated rings. The third-order valence-electron chi connectivity index (χ3n) is 1.37. The first kappa shape index (κ1) is 8.45. The summed E-state index contributed by atoms with van der Waals surface area (Å²) in [6, 6.07) is 1.26. The lowest BCUT2D eigenvalue weighted by molar-refractivity contribution is -0.386. The molecule has 12 heavy (non-hydrogen) atoms. The average molecular weight is 168 g/mol. The third-order valence-corrected chi connectivity index (χ3v) is 1.37. The first-order valence-corrected chi connectivity index (χ1v) is 3.31. The van der Waals surface area contributed by atoms with E-state index >= 15 is 0 Å². The smallest absolute Gasteiger partial charge is 0.310 e. The SMILES string of the molecule is O=[C]CCc1occc1[N+](=O)[O-]. The normalized spacial score (nSPS) is 9.67. The topological polar surface area (TPSA) is 73.3 Å². The quantitative estimate of drug-likeness (QED) is 0.500. The fraction of sp³-hybridized carbons (Fsp3) is 0.286. The molecule has 1 radical (unpaired) electrons. The van der Waals surface area contributed by atoms with E-state index in [0.717, 1.165) is 0 Å². The monoisotopic (exact) mass is 168 g/mol. The van der Waals surface area contributed by atoms with Gasteiger partial charge in [-0.1, -0.05) is 0 Å². The highest BCUT2D eigenvalue weighted by molar-refractivity contribution is 5.51. The second-order valence-corrected chi connectivity index (χ2v) is 2.13. The Balaban J connectivity index is 2.76. The standard InChI is InChI=1S/C7H6NO4/c9-4-1-2-7-6(8(10)11)3-5-12-7/h3,5H,1-2H2. The second kappa shape index (κ2) is 3.66. The number of hydrogen-bond acceptors (Lipinski definition) is 4. The molecule has 0 aliphatic carbocycles. The van der Waals surface area contributed by atoms with Crippen LogP contribution in [0.1, 0.15) is 12.2 Å². The summed E-state index contributed by atoms with van der Waals surface area (Å²) in [6.45, 7) is 0. The third kappa shape index (κ3) is 1.69. The second-order valence-electron chi connectivity index (χ2n) is 2.13. The molecule has 1 heterocycles. The van der Waals surface area contributed by atoms with E-state index in [4.69, 9.17) is 4.42 Å². The van der Waals surface area contributed by atoms with E-state index in [9.17, 15) is 14.9 Å². The molecule has 0 saturated heterocycles. The van der Waals surface area contributed by atoms with Crippen LogP contribution in [-0.2, 0) is 11.2 Å². The maximum absolute atomic E-state index is 10.3. The van der Waals surface area contributed by atoms with E-state index in [-0.39, 0.29) is 24.3 Å². The Morgan fingerprint density at radius 2 is 2.42 bits per heavy atom. The van der Waals surface area contributed by atoms with Gasteiger partial charge < -0.3 is 4.42 Å². The van der Waals surface area contributed by atoms with E-state index in [1.807, 2.05) is 0 Å². The van der Waals surface area contributed by atoms with Gasteiger partial charge in [-0.2, -0.15) is 0 Å². The molecular formula is C7H6NO4. The summed E-state index contributed by atoms with van der Waals surface area (Å²) >= 11 is 0. The van der Waals surface area contributed by atoms with E-state index in [1.54, 1.807) is 6.29 Å². The highest BCUT2D eigenvalue weighted by atomic mass is 16.6. The van der Waals surface area contributed by atoms with E-state index < -0.39 is 4.92 Å². The van der Waals surface area contributed by atoms with Gasteiger partial charge in [0.1, 0.15) is 0 Å². The summed E-state index contributed by atoms with van der Waals surface area (Å²) < 4.78 is 4.81. The predicted molar refractivity (Wildman–Crippen MR) is 39.4 cm³/mol. The molecule has 0 atom stereocenters. The van der Waals surface area contributed by atoms with Crippen LogP contribution in [0.4, 0.5) is 5.69 Å². The van der Waals surface area contributed by atoms with E-state index in [1.165, 1.54) is 12.3 Å². The van der Waals surface area contributed by atoms with Gasteiger partial charge in [0.05, 0.1) is 17.3 Å². The molecule has 0 saturated carbocycles. The van der Waals surface area contributed by atoms with Gasteiger partial charge in [0.15, 0.2) is 12.0 Å². The predicted octanol–water partition coefficient (Wildman–Crippen LogP) is 1.23. The Kier molecular flexibility index (Phi) is 2.57. The fourth-order valence-electron chi connectivity index (χ4n) is 0.848. The molecule has 5 heteroatoms. The lowest BCUT2D eigenvalue weighted by Gasteiger charge is -1.89. The van der Waals surface area contributed by atoms with Crippen LogP contribution >= 0.6 is 0 Å². The molecule has 1 rings (SSSR count). The van der Waals surface area contributed by atoms with Crippen LogP contribution in [-0.4, -0.2) is 11.2 Å². The van der Waals surface area contributed by atoms with Crippen molar-refractivity contribution in [2.24, 2.45) is 0 Å². The van der Waals surface area contributed by atoms with Crippen molar-refractivity contribution in [1.82, 2.24) is 0 Å². The number of furan rings is 1. The van der Waals surface area contributed by atoms with Gasteiger partial charge in [0, 0.05) is 12.8 Å². The minimum atomic E-state index is -0.538. The van der Waals surface area contributed by atoms with E-state index in [0.29, 0.717) is 0 Å². The van der Waals surface area contributed by atoms with Gasteiger partial charge >= 0.3 is 5.69 Å². The molecule has 0 amide bonds. The van der Waals surface area contributed by atoms with Crippen molar-refractivity contribution in [3.63, 3.8) is 0 Å². The van der Waals surface area contributed by atoms with Gasteiger partial charge in [-0.25, -0.2) is 0 Å².